The molecular formula is C19H14N4O3. The fraction of sp³-hybridized carbons (Fsp3) is 0.105. The Morgan fingerprint density at radius 3 is 2.73 bits per heavy atom. The lowest BCUT2D eigenvalue weighted by Gasteiger charge is -2.07. The van der Waals surface area contributed by atoms with Crippen LogP contribution in [0.1, 0.15) is 11.1 Å². The second-order valence-corrected chi connectivity index (χ2v) is 5.81. The standard InChI is InChI=1S/C19H14N4O3/c1-25-15-5-2-12(3-6-15)10-23-11-14(9-20)16-7-4-13(8-17(16)23)18-21-19(24)26-22-18/h2-8,11H,10H2,1H3,(H,21,22,24). The van der Waals surface area contributed by atoms with E-state index in [2.05, 4.69) is 20.7 Å². The van der Waals surface area contributed by atoms with Gasteiger partial charge in [-0.1, -0.05) is 29.4 Å². The fourth-order valence-electron chi connectivity index (χ4n) is 2.94. The van der Waals surface area contributed by atoms with Gasteiger partial charge in [-0.2, -0.15) is 5.26 Å². The molecule has 0 unspecified atom stereocenters. The number of nitrogens with zero attached hydrogens (tertiary/aromatic N) is 3. The SMILES string of the molecule is COc1ccc(Cn2cc(C#N)c3ccc(-c4noc(=O)[nH]4)cc32)cc1. The number of benzene rings is 2. The highest BCUT2D eigenvalue weighted by Gasteiger charge is 2.12. The van der Waals surface area contributed by atoms with E-state index in [-0.39, 0.29) is 0 Å². The molecule has 0 aliphatic rings. The first-order valence-corrected chi connectivity index (χ1v) is 7.90. The molecule has 0 radical (unpaired) electrons. The van der Waals surface area contributed by atoms with E-state index in [0.29, 0.717) is 23.5 Å². The lowest BCUT2D eigenvalue weighted by molar-refractivity contribution is 0.388. The summed E-state index contributed by atoms with van der Waals surface area (Å²) < 4.78 is 11.8. The number of hydrogen-bond donors (Lipinski definition) is 1. The van der Waals surface area contributed by atoms with Gasteiger partial charge in [0.1, 0.15) is 11.8 Å². The molecule has 0 spiro atoms. The molecule has 7 heteroatoms. The average molecular weight is 346 g/mol. The Hall–Kier alpha value is -3.79. The maximum atomic E-state index is 11.2. The van der Waals surface area contributed by atoms with Crippen LogP contribution >= 0.6 is 0 Å². The van der Waals surface area contributed by atoms with Crippen molar-refractivity contribution < 1.29 is 9.26 Å². The molecule has 2 heterocycles. The van der Waals surface area contributed by atoms with Crippen molar-refractivity contribution in [3.63, 3.8) is 0 Å². The zero-order valence-electron chi connectivity index (χ0n) is 13.9. The normalized spacial score (nSPS) is 10.8. The van der Waals surface area contributed by atoms with Crippen LogP contribution in [0.4, 0.5) is 0 Å². The summed E-state index contributed by atoms with van der Waals surface area (Å²) in [5.74, 6) is 0.542. The predicted octanol–water partition coefficient (Wildman–Crippen LogP) is 2.91. The van der Waals surface area contributed by atoms with Crippen LogP contribution in [0.15, 0.2) is 58.0 Å². The summed E-state index contributed by atoms with van der Waals surface area (Å²) in [4.78, 5) is 13.7. The molecule has 128 valence electrons. The summed E-state index contributed by atoms with van der Waals surface area (Å²) in [5, 5.41) is 14.0. The molecule has 0 aliphatic heterocycles. The Morgan fingerprint density at radius 1 is 1.27 bits per heavy atom. The molecule has 7 nitrogen and oxygen atoms in total. The molecule has 0 saturated heterocycles. The molecule has 4 rings (SSSR count). The van der Waals surface area contributed by atoms with Crippen LogP contribution < -0.4 is 10.5 Å². The number of aromatic amines is 1. The molecule has 0 aliphatic carbocycles. The first-order valence-electron chi connectivity index (χ1n) is 7.90. The predicted molar refractivity (Wildman–Crippen MR) is 94.9 cm³/mol. The molecule has 0 bridgehead atoms. The minimum Gasteiger partial charge on any atom is -0.497 e. The maximum Gasteiger partial charge on any atom is 0.439 e. The zero-order valence-corrected chi connectivity index (χ0v) is 13.9. The topological polar surface area (TPSA) is 96.8 Å². The molecular weight excluding hydrogens is 332 g/mol. The van der Waals surface area contributed by atoms with Gasteiger partial charge in [-0.25, -0.2) is 4.79 Å². The van der Waals surface area contributed by atoms with E-state index in [9.17, 15) is 10.1 Å². The van der Waals surface area contributed by atoms with Gasteiger partial charge in [-0.3, -0.25) is 9.51 Å². The van der Waals surface area contributed by atoms with Crippen molar-refractivity contribution in [3.05, 3.63) is 70.3 Å². The van der Waals surface area contributed by atoms with Gasteiger partial charge >= 0.3 is 5.76 Å². The second-order valence-electron chi connectivity index (χ2n) is 5.81. The Labute approximate surface area is 148 Å². The lowest BCUT2D eigenvalue weighted by Crippen LogP contribution is -1.98. The first kappa shape index (κ1) is 15.7. The van der Waals surface area contributed by atoms with Gasteiger partial charge in [-0.15, -0.1) is 0 Å². The van der Waals surface area contributed by atoms with E-state index >= 15 is 0 Å². The summed E-state index contributed by atoms with van der Waals surface area (Å²) >= 11 is 0. The van der Waals surface area contributed by atoms with Crippen LogP contribution in [-0.2, 0) is 6.54 Å². The van der Waals surface area contributed by atoms with Crippen molar-refractivity contribution in [2.75, 3.05) is 7.11 Å². The molecule has 0 fully saturated rings. The fourth-order valence-corrected chi connectivity index (χ4v) is 2.94. The number of ether oxygens (including phenoxy) is 1. The largest absolute Gasteiger partial charge is 0.497 e. The van der Waals surface area contributed by atoms with Crippen LogP contribution in [0.3, 0.4) is 0 Å². The number of hydrogen-bond acceptors (Lipinski definition) is 5. The van der Waals surface area contributed by atoms with Crippen molar-refractivity contribution in [2.45, 2.75) is 6.54 Å². The van der Waals surface area contributed by atoms with Crippen LogP contribution in [0.5, 0.6) is 5.75 Å². The minimum atomic E-state index is -0.605. The van der Waals surface area contributed by atoms with Crippen molar-refractivity contribution in [1.29, 1.82) is 5.26 Å². The Bertz CT molecular complexity index is 1180. The van der Waals surface area contributed by atoms with Gasteiger partial charge in [0.15, 0.2) is 5.82 Å². The lowest BCUT2D eigenvalue weighted by atomic mass is 10.1. The zero-order chi connectivity index (χ0) is 18.1. The summed E-state index contributed by atoms with van der Waals surface area (Å²) in [5.41, 5.74) is 3.25. The molecule has 26 heavy (non-hydrogen) atoms. The molecule has 0 amide bonds. The number of nitriles is 1. The third kappa shape index (κ3) is 2.74. The van der Waals surface area contributed by atoms with Crippen LogP contribution in [0, 0.1) is 11.3 Å². The average Bonchev–Trinajstić information content (AvgIpc) is 3.26. The Kier molecular flexibility index (Phi) is 3.78. The molecule has 1 N–H and O–H groups in total. The highest BCUT2D eigenvalue weighted by Crippen LogP contribution is 2.26. The van der Waals surface area contributed by atoms with E-state index in [1.54, 1.807) is 13.2 Å². The molecule has 2 aromatic heterocycles. The van der Waals surface area contributed by atoms with Gasteiger partial charge in [0.2, 0.25) is 0 Å². The Morgan fingerprint density at radius 2 is 2.08 bits per heavy atom. The van der Waals surface area contributed by atoms with Crippen LogP contribution in [-0.4, -0.2) is 21.8 Å². The van der Waals surface area contributed by atoms with Gasteiger partial charge in [0, 0.05) is 23.7 Å². The molecule has 0 saturated carbocycles. The number of rotatable bonds is 4. The van der Waals surface area contributed by atoms with E-state index < -0.39 is 5.76 Å². The van der Waals surface area contributed by atoms with E-state index in [4.69, 9.17) is 4.74 Å². The summed E-state index contributed by atoms with van der Waals surface area (Å²) in [6.45, 7) is 0.598. The van der Waals surface area contributed by atoms with Crippen molar-refractivity contribution in [1.82, 2.24) is 14.7 Å². The third-order valence-electron chi connectivity index (χ3n) is 4.23. The molecule has 2 aromatic carbocycles. The number of methoxy groups -OCH3 is 1. The molecule has 4 aromatic rings. The summed E-state index contributed by atoms with van der Waals surface area (Å²) in [7, 11) is 1.63. The number of H-pyrrole nitrogens is 1. The highest BCUT2D eigenvalue weighted by atomic mass is 16.5. The minimum absolute atomic E-state index is 0.354. The van der Waals surface area contributed by atoms with Crippen molar-refractivity contribution in [3.8, 4) is 23.2 Å². The van der Waals surface area contributed by atoms with Gasteiger partial charge in [0.05, 0.1) is 18.2 Å². The van der Waals surface area contributed by atoms with Gasteiger partial charge in [0.25, 0.3) is 0 Å². The van der Waals surface area contributed by atoms with E-state index in [1.165, 1.54) is 0 Å². The van der Waals surface area contributed by atoms with Gasteiger partial charge < -0.3 is 9.30 Å². The number of aromatic nitrogens is 3. The Balaban J connectivity index is 1.79. The van der Waals surface area contributed by atoms with Gasteiger partial charge in [-0.05, 0) is 23.8 Å². The molecule has 0 atom stereocenters. The van der Waals surface area contributed by atoms with E-state index in [1.807, 2.05) is 47.2 Å². The smallest absolute Gasteiger partial charge is 0.439 e. The van der Waals surface area contributed by atoms with E-state index in [0.717, 1.165) is 22.2 Å². The van der Waals surface area contributed by atoms with Crippen molar-refractivity contribution >= 4 is 10.9 Å². The second kappa shape index (κ2) is 6.26. The number of fused-ring (bicyclic) bond motifs is 1. The summed E-state index contributed by atoms with van der Waals surface area (Å²) in [6.07, 6.45) is 1.82. The maximum absolute atomic E-state index is 11.2. The van der Waals surface area contributed by atoms with Crippen LogP contribution in [0.25, 0.3) is 22.3 Å². The number of nitrogens with one attached hydrogen (secondary N) is 1. The third-order valence-corrected chi connectivity index (χ3v) is 4.23. The first-order chi connectivity index (χ1) is 12.7. The van der Waals surface area contributed by atoms with Crippen molar-refractivity contribution in [2.24, 2.45) is 0 Å². The highest BCUT2D eigenvalue weighted by molar-refractivity contribution is 5.89. The summed E-state index contributed by atoms with van der Waals surface area (Å²) in [6, 6.07) is 15.5. The van der Waals surface area contributed by atoms with Crippen LogP contribution in [0.2, 0.25) is 0 Å². The monoisotopic (exact) mass is 346 g/mol. The quantitative estimate of drug-likeness (QED) is 0.613.